The lowest BCUT2D eigenvalue weighted by Gasteiger charge is -2.31. The number of furan rings is 1. The number of hydrogen-bond donors (Lipinski definition) is 0. The van der Waals surface area contributed by atoms with E-state index in [1.165, 1.54) is 12.1 Å². The summed E-state index contributed by atoms with van der Waals surface area (Å²) >= 11 is 0. The van der Waals surface area contributed by atoms with Gasteiger partial charge in [0, 0.05) is 25.1 Å². The molecule has 0 radical (unpaired) electrons. The van der Waals surface area contributed by atoms with Crippen LogP contribution in [0.2, 0.25) is 0 Å². The standard InChI is InChI=1S/C20H22F3NO3/c1-26-13-18-9-8-17(27-18)12-24-10-2-3-15(11-24)19(25)14-4-6-16(7-5-14)20(21,22)23/h4-9,15H,2-3,10-13H2,1H3/t15-/m0/s1. The molecular formula is C20H22F3NO3. The molecule has 0 amide bonds. The quantitative estimate of drug-likeness (QED) is 0.689. The van der Waals surface area contributed by atoms with Gasteiger partial charge in [-0.25, -0.2) is 0 Å². The number of carbonyl (C=O) groups excluding carboxylic acids is 1. The molecule has 0 N–H and O–H groups in total. The Bertz CT molecular complexity index is 768. The summed E-state index contributed by atoms with van der Waals surface area (Å²) in [6.07, 6.45) is -2.79. The fourth-order valence-corrected chi connectivity index (χ4v) is 3.42. The molecule has 0 bridgehead atoms. The number of ketones is 1. The first-order chi connectivity index (χ1) is 12.9. The van der Waals surface area contributed by atoms with Crippen LogP contribution in [0, 0.1) is 5.92 Å². The largest absolute Gasteiger partial charge is 0.462 e. The predicted molar refractivity (Wildman–Crippen MR) is 93.2 cm³/mol. The van der Waals surface area contributed by atoms with Gasteiger partial charge in [-0.2, -0.15) is 13.2 Å². The maximum atomic E-state index is 12.7. The molecule has 4 nitrogen and oxygen atoms in total. The monoisotopic (exact) mass is 381 g/mol. The van der Waals surface area contributed by atoms with Crippen LogP contribution in [-0.2, 0) is 24.1 Å². The van der Waals surface area contributed by atoms with Crippen LogP contribution in [0.25, 0.3) is 0 Å². The Labute approximate surface area is 155 Å². The van der Waals surface area contributed by atoms with Crippen LogP contribution >= 0.6 is 0 Å². The van der Waals surface area contributed by atoms with Gasteiger partial charge in [0.25, 0.3) is 0 Å². The Morgan fingerprint density at radius 2 is 1.89 bits per heavy atom. The molecule has 0 unspecified atom stereocenters. The van der Waals surface area contributed by atoms with Gasteiger partial charge in [0.2, 0.25) is 0 Å². The van der Waals surface area contributed by atoms with E-state index in [4.69, 9.17) is 9.15 Å². The normalized spacial score (nSPS) is 18.6. The topological polar surface area (TPSA) is 42.7 Å². The van der Waals surface area contributed by atoms with Crippen LogP contribution in [0.1, 0.15) is 40.3 Å². The highest BCUT2D eigenvalue weighted by molar-refractivity contribution is 5.98. The molecule has 0 aliphatic carbocycles. The molecule has 1 aliphatic rings. The molecule has 7 heteroatoms. The van der Waals surface area contributed by atoms with Crippen molar-refractivity contribution in [1.29, 1.82) is 0 Å². The first-order valence-electron chi connectivity index (χ1n) is 8.87. The lowest BCUT2D eigenvalue weighted by atomic mass is 9.89. The first kappa shape index (κ1) is 19.6. The third-order valence-electron chi connectivity index (χ3n) is 4.76. The molecule has 146 valence electrons. The van der Waals surface area contributed by atoms with Crippen LogP contribution in [-0.4, -0.2) is 30.9 Å². The van der Waals surface area contributed by atoms with Crippen molar-refractivity contribution in [3.63, 3.8) is 0 Å². The van der Waals surface area contributed by atoms with E-state index in [-0.39, 0.29) is 11.7 Å². The molecule has 1 fully saturated rings. The van der Waals surface area contributed by atoms with Gasteiger partial charge in [0.05, 0.1) is 12.1 Å². The summed E-state index contributed by atoms with van der Waals surface area (Å²) in [5, 5.41) is 0. The lowest BCUT2D eigenvalue weighted by Crippen LogP contribution is -2.38. The number of Topliss-reactive ketones (excluding diaryl/α,β-unsaturated/α-hetero) is 1. The number of methoxy groups -OCH3 is 1. The van der Waals surface area contributed by atoms with Crippen molar-refractivity contribution < 1.29 is 27.1 Å². The minimum absolute atomic E-state index is 0.104. The molecule has 0 saturated carbocycles. The van der Waals surface area contributed by atoms with Crippen LogP contribution in [0.15, 0.2) is 40.8 Å². The van der Waals surface area contributed by atoms with E-state index in [0.717, 1.165) is 43.0 Å². The van der Waals surface area contributed by atoms with Crippen LogP contribution in [0.5, 0.6) is 0 Å². The first-order valence-corrected chi connectivity index (χ1v) is 8.87. The van der Waals surface area contributed by atoms with Crippen molar-refractivity contribution in [1.82, 2.24) is 4.90 Å². The van der Waals surface area contributed by atoms with E-state index in [1.54, 1.807) is 7.11 Å². The smallest absolute Gasteiger partial charge is 0.416 e. The summed E-state index contributed by atoms with van der Waals surface area (Å²) < 4.78 is 48.8. The Balaban J connectivity index is 1.62. The summed E-state index contributed by atoms with van der Waals surface area (Å²) in [6, 6.07) is 8.24. The average Bonchev–Trinajstić information content (AvgIpc) is 3.08. The van der Waals surface area contributed by atoms with E-state index >= 15 is 0 Å². The molecule has 1 atom stereocenters. The molecule has 1 aromatic carbocycles. The average molecular weight is 381 g/mol. The van der Waals surface area contributed by atoms with Crippen molar-refractivity contribution in [2.45, 2.75) is 32.2 Å². The Kier molecular flexibility index (Phi) is 6.01. The highest BCUT2D eigenvalue weighted by atomic mass is 19.4. The van der Waals surface area contributed by atoms with Crippen LogP contribution in [0.4, 0.5) is 13.2 Å². The number of nitrogens with zero attached hydrogens (tertiary/aromatic N) is 1. The molecule has 1 aliphatic heterocycles. The summed E-state index contributed by atoms with van der Waals surface area (Å²) in [4.78, 5) is 14.8. The Morgan fingerprint density at radius 3 is 2.56 bits per heavy atom. The fourth-order valence-electron chi connectivity index (χ4n) is 3.42. The summed E-state index contributed by atoms with van der Waals surface area (Å²) in [7, 11) is 1.60. The van der Waals surface area contributed by atoms with Crippen molar-refractivity contribution in [2.24, 2.45) is 5.92 Å². The molecule has 2 aromatic rings. The van der Waals surface area contributed by atoms with Crippen molar-refractivity contribution in [2.75, 3.05) is 20.2 Å². The minimum atomic E-state index is -4.39. The number of benzene rings is 1. The molecule has 0 spiro atoms. The number of alkyl halides is 3. The number of hydrogen-bond acceptors (Lipinski definition) is 4. The predicted octanol–water partition coefficient (Wildman–Crippen LogP) is 4.54. The van der Waals surface area contributed by atoms with Gasteiger partial charge in [-0.3, -0.25) is 9.69 Å². The number of halogens is 3. The maximum absolute atomic E-state index is 12.7. The van der Waals surface area contributed by atoms with E-state index in [1.807, 2.05) is 12.1 Å². The summed E-state index contributed by atoms with van der Waals surface area (Å²) in [5.41, 5.74) is -0.413. The number of ether oxygens (including phenoxy) is 1. The third kappa shape index (κ3) is 4.99. The number of likely N-dealkylation sites (tertiary alicyclic amines) is 1. The van der Waals surface area contributed by atoms with Crippen molar-refractivity contribution >= 4 is 5.78 Å². The molecule has 1 saturated heterocycles. The maximum Gasteiger partial charge on any atom is 0.416 e. The summed E-state index contributed by atoms with van der Waals surface area (Å²) in [6.45, 7) is 2.44. The van der Waals surface area contributed by atoms with E-state index < -0.39 is 11.7 Å². The van der Waals surface area contributed by atoms with Gasteiger partial charge in [-0.15, -0.1) is 0 Å². The molecular weight excluding hydrogens is 359 g/mol. The van der Waals surface area contributed by atoms with Crippen molar-refractivity contribution in [3.05, 3.63) is 59.0 Å². The number of carbonyl (C=O) groups is 1. The van der Waals surface area contributed by atoms with E-state index in [0.29, 0.717) is 25.3 Å². The zero-order chi connectivity index (χ0) is 19.4. The van der Waals surface area contributed by atoms with Gasteiger partial charge in [-0.05, 0) is 43.7 Å². The van der Waals surface area contributed by atoms with Crippen molar-refractivity contribution in [3.8, 4) is 0 Å². The van der Waals surface area contributed by atoms with Gasteiger partial charge in [-0.1, -0.05) is 12.1 Å². The van der Waals surface area contributed by atoms with Crippen LogP contribution < -0.4 is 0 Å². The molecule has 3 rings (SSSR count). The molecule has 2 heterocycles. The van der Waals surface area contributed by atoms with Gasteiger partial charge < -0.3 is 9.15 Å². The second-order valence-corrected chi connectivity index (χ2v) is 6.81. The van der Waals surface area contributed by atoms with E-state index in [2.05, 4.69) is 4.90 Å². The Morgan fingerprint density at radius 1 is 1.19 bits per heavy atom. The zero-order valence-corrected chi connectivity index (χ0v) is 15.1. The van der Waals surface area contributed by atoms with E-state index in [9.17, 15) is 18.0 Å². The zero-order valence-electron chi connectivity index (χ0n) is 15.1. The second-order valence-electron chi connectivity index (χ2n) is 6.81. The van der Waals surface area contributed by atoms with Gasteiger partial charge in [0.1, 0.15) is 18.1 Å². The molecule has 27 heavy (non-hydrogen) atoms. The third-order valence-corrected chi connectivity index (χ3v) is 4.76. The number of rotatable bonds is 6. The SMILES string of the molecule is COCc1ccc(CN2CCC[C@H](C(=O)c3ccc(C(F)(F)F)cc3)C2)o1. The molecule has 1 aromatic heterocycles. The Hall–Kier alpha value is -2.12. The van der Waals surface area contributed by atoms with Gasteiger partial charge in [0.15, 0.2) is 5.78 Å². The fraction of sp³-hybridized carbons (Fsp3) is 0.450. The highest BCUT2D eigenvalue weighted by Crippen LogP contribution is 2.30. The highest BCUT2D eigenvalue weighted by Gasteiger charge is 2.31. The lowest BCUT2D eigenvalue weighted by molar-refractivity contribution is -0.137. The number of piperidine rings is 1. The summed E-state index contributed by atoms with van der Waals surface area (Å²) in [5.74, 6) is 1.24. The minimum Gasteiger partial charge on any atom is -0.462 e. The van der Waals surface area contributed by atoms with Gasteiger partial charge >= 0.3 is 6.18 Å². The second kappa shape index (κ2) is 8.27. The van der Waals surface area contributed by atoms with Crippen LogP contribution in [0.3, 0.4) is 0 Å².